The van der Waals surface area contributed by atoms with E-state index in [1.807, 2.05) is 0 Å². The van der Waals surface area contributed by atoms with Gasteiger partial charge in [0.1, 0.15) is 11.8 Å². The highest BCUT2D eigenvalue weighted by Crippen LogP contribution is 2.12. The fourth-order valence-electron chi connectivity index (χ4n) is 1.43. The topological polar surface area (TPSA) is 50.4 Å². The zero-order chi connectivity index (χ0) is 11.5. The molecule has 0 bridgehead atoms. The molecule has 1 saturated heterocycles. The lowest BCUT2D eigenvalue weighted by Crippen LogP contribution is -2.37. The van der Waals surface area contributed by atoms with Gasteiger partial charge in [0.05, 0.1) is 0 Å². The van der Waals surface area contributed by atoms with E-state index in [0.29, 0.717) is 19.6 Å². The van der Waals surface area contributed by atoms with E-state index in [4.69, 9.17) is 4.74 Å². The number of hydrogen-bond donors (Lipinski definition) is 2. The number of carbonyl (C=O) groups is 1. The minimum Gasteiger partial charge on any atom is -0.444 e. The summed E-state index contributed by atoms with van der Waals surface area (Å²) < 4.78 is 18.2. The first-order valence-electron chi connectivity index (χ1n) is 5.20. The molecule has 6 heteroatoms. The number of nitrogens with one attached hydrogen (secondary N) is 2. The van der Waals surface area contributed by atoms with E-state index in [9.17, 15) is 9.18 Å². The van der Waals surface area contributed by atoms with Crippen LogP contribution in [-0.2, 0) is 4.74 Å². The SMILES string of the molecule is CC(C)(C)OC(=O)NCC1CNCC1F.Cl. The largest absolute Gasteiger partial charge is 0.444 e. The predicted octanol–water partition coefficient (Wildman–Crippen LogP) is 1.49. The molecule has 2 N–H and O–H groups in total. The van der Waals surface area contributed by atoms with Crippen molar-refractivity contribution in [1.29, 1.82) is 0 Å². The Morgan fingerprint density at radius 3 is 2.56 bits per heavy atom. The van der Waals surface area contributed by atoms with Crippen molar-refractivity contribution in [2.75, 3.05) is 19.6 Å². The van der Waals surface area contributed by atoms with Crippen LogP contribution in [0.5, 0.6) is 0 Å². The Balaban J connectivity index is 0.00000225. The van der Waals surface area contributed by atoms with Gasteiger partial charge in [-0.25, -0.2) is 9.18 Å². The highest BCUT2D eigenvalue weighted by molar-refractivity contribution is 5.85. The van der Waals surface area contributed by atoms with Crippen LogP contribution in [0.3, 0.4) is 0 Å². The minimum atomic E-state index is -0.875. The second-order valence-electron chi connectivity index (χ2n) is 4.82. The Morgan fingerprint density at radius 2 is 2.12 bits per heavy atom. The van der Waals surface area contributed by atoms with Gasteiger partial charge in [-0.15, -0.1) is 12.4 Å². The Hall–Kier alpha value is -0.550. The van der Waals surface area contributed by atoms with E-state index in [2.05, 4.69) is 10.6 Å². The van der Waals surface area contributed by atoms with E-state index in [0.717, 1.165) is 0 Å². The highest BCUT2D eigenvalue weighted by Gasteiger charge is 2.27. The maximum Gasteiger partial charge on any atom is 0.407 e. The van der Waals surface area contributed by atoms with Crippen molar-refractivity contribution in [3.05, 3.63) is 0 Å². The van der Waals surface area contributed by atoms with E-state index < -0.39 is 17.9 Å². The summed E-state index contributed by atoms with van der Waals surface area (Å²) in [5.74, 6) is -0.141. The number of alkyl carbamates (subject to hydrolysis) is 1. The smallest absolute Gasteiger partial charge is 0.407 e. The zero-order valence-electron chi connectivity index (χ0n) is 9.88. The normalized spacial score (nSPS) is 24.8. The summed E-state index contributed by atoms with van der Waals surface area (Å²) in [6.07, 6.45) is -1.36. The lowest BCUT2D eigenvalue weighted by atomic mass is 10.1. The van der Waals surface area contributed by atoms with Crippen LogP contribution in [-0.4, -0.2) is 37.5 Å². The lowest BCUT2D eigenvalue weighted by molar-refractivity contribution is 0.0515. The Labute approximate surface area is 102 Å². The predicted molar refractivity (Wildman–Crippen MR) is 62.7 cm³/mol. The third-order valence-electron chi connectivity index (χ3n) is 2.16. The molecule has 0 aromatic rings. The molecule has 16 heavy (non-hydrogen) atoms. The first kappa shape index (κ1) is 15.4. The number of rotatable bonds is 2. The fraction of sp³-hybridized carbons (Fsp3) is 0.900. The molecule has 1 aliphatic rings. The number of hydrogen-bond acceptors (Lipinski definition) is 3. The summed E-state index contributed by atoms with van der Waals surface area (Å²) in [5, 5.41) is 5.50. The second kappa shape index (κ2) is 6.25. The van der Waals surface area contributed by atoms with Crippen LogP contribution in [0.4, 0.5) is 9.18 Å². The van der Waals surface area contributed by atoms with Gasteiger partial charge in [-0.3, -0.25) is 0 Å². The average Bonchev–Trinajstić information content (AvgIpc) is 2.44. The van der Waals surface area contributed by atoms with Gasteiger partial charge in [0.15, 0.2) is 0 Å². The maximum absolute atomic E-state index is 13.1. The van der Waals surface area contributed by atoms with Gasteiger partial charge in [0.25, 0.3) is 0 Å². The van der Waals surface area contributed by atoms with Crippen LogP contribution in [0.1, 0.15) is 20.8 Å². The number of amides is 1. The molecule has 96 valence electrons. The van der Waals surface area contributed by atoms with Crippen LogP contribution in [0, 0.1) is 5.92 Å². The molecule has 0 radical (unpaired) electrons. The summed E-state index contributed by atoms with van der Waals surface area (Å²) in [6.45, 7) is 6.69. The Bertz CT molecular complexity index is 233. The average molecular weight is 255 g/mol. The molecule has 1 fully saturated rings. The van der Waals surface area contributed by atoms with Gasteiger partial charge in [-0.05, 0) is 20.8 Å². The van der Waals surface area contributed by atoms with Crippen LogP contribution >= 0.6 is 12.4 Å². The van der Waals surface area contributed by atoms with Crippen molar-refractivity contribution >= 4 is 18.5 Å². The van der Waals surface area contributed by atoms with Crippen LogP contribution in [0.25, 0.3) is 0 Å². The van der Waals surface area contributed by atoms with Crippen LogP contribution in [0.2, 0.25) is 0 Å². The molecule has 2 unspecified atom stereocenters. The minimum absolute atomic E-state index is 0. The van der Waals surface area contributed by atoms with E-state index in [1.165, 1.54) is 0 Å². The lowest BCUT2D eigenvalue weighted by Gasteiger charge is -2.20. The number of halogens is 2. The van der Waals surface area contributed by atoms with Gasteiger partial charge in [-0.2, -0.15) is 0 Å². The van der Waals surface area contributed by atoms with Crippen molar-refractivity contribution in [3.63, 3.8) is 0 Å². The van der Waals surface area contributed by atoms with E-state index in [-0.39, 0.29) is 18.3 Å². The molecule has 2 atom stereocenters. The van der Waals surface area contributed by atoms with Gasteiger partial charge in [0.2, 0.25) is 0 Å². The fourth-order valence-corrected chi connectivity index (χ4v) is 1.43. The zero-order valence-corrected chi connectivity index (χ0v) is 10.7. The van der Waals surface area contributed by atoms with Crippen molar-refractivity contribution in [2.45, 2.75) is 32.5 Å². The Kier molecular flexibility index (Phi) is 6.04. The highest BCUT2D eigenvalue weighted by atomic mass is 35.5. The monoisotopic (exact) mass is 254 g/mol. The summed E-state index contributed by atoms with van der Waals surface area (Å²) in [6, 6.07) is 0. The molecule has 1 amide bonds. The van der Waals surface area contributed by atoms with Gasteiger partial charge in [0, 0.05) is 25.6 Å². The molecule has 0 aromatic heterocycles. The first-order valence-corrected chi connectivity index (χ1v) is 5.20. The van der Waals surface area contributed by atoms with Crippen LogP contribution in [0.15, 0.2) is 0 Å². The van der Waals surface area contributed by atoms with Crippen molar-refractivity contribution < 1.29 is 13.9 Å². The van der Waals surface area contributed by atoms with Crippen molar-refractivity contribution in [1.82, 2.24) is 10.6 Å². The number of ether oxygens (including phenoxy) is 1. The molecule has 4 nitrogen and oxygen atoms in total. The summed E-state index contributed by atoms with van der Waals surface area (Å²) in [4.78, 5) is 11.2. The Morgan fingerprint density at radius 1 is 1.50 bits per heavy atom. The molecular weight excluding hydrogens is 235 g/mol. The number of alkyl halides is 1. The molecule has 1 aliphatic heterocycles. The molecule has 0 spiro atoms. The molecule has 0 aliphatic carbocycles. The summed E-state index contributed by atoms with van der Waals surface area (Å²) in [5.41, 5.74) is -0.507. The van der Waals surface area contributed by atoms with Crippen LogP contribution < -0.4 is 10.6 Å². The van der Waals surface area contributed by atoms with Gasteiger partial charge < -0.3 is 15.4 Å². The molecular formula is C10H20ClFN2O2. The summed E-state index contributed by atoms with van der Waals surface area (Å²) >= 11 is 0. The third-order valence-corrected chi connectivity index (χ3v) is 2.16. The third kappa shape index (κ3) is 5.51. The van der Waals surface area contributed by atoms with Crippen molar-refractivity contribution in [3.8, 4) is 0 Å². The van der Waals surface area contributed by atoms with Gasteiger partial charge >= 0.3 is 6.09 Å². The molecule has 1 heterocycles. The molecule has 1 rings (SSSR count). The van der Waals surface area contributed by atoms with E-state index in [1.54, 1.807) is 20.8 Å². The van der Waals surface area contributed by atoms with E-state index >= 15 is 0 Å². The van der Waals surface area contributed by atoms with Crippen molar-refractivity contribution in [2.24, 2.45) is 5.92 Å². The summed E-state index contributed by atoms with van der Waals surface area (Å²) in [7, 11) is 0. The second-order valence-corrected chi connectivity index (χ2v) is 4.82. The molecule has 0 aromatic carbocycles. The van der Waals surface area contributed by atoms with Gasteiger partial charge in [-0.1, -0.05) is 0 Å². The maximum atomic E-state index is 13.1. The number of carbonyl (C=O) groups excluding carboxylic acids is 1. The molecule has 0 saturated carbocycles. The quantitative estimate of drug-likeness (QED) is 0.785. The first-order chi connectivity index (χ1) is 6.88. The standard InChI is InChI=1S/C10H19FN2O2.ClH/c1-10(2,3)15-9(14)13-5-7-4-12-6-8(7)11;/h7-8,12H,4-6H2,1-3H3,(H,13,14);1H.